The lowest BCUT2D eigenvalue weighted by Gasteiger charge is -2.19. The minimum absolute atomic E-state index is 0.247. The fourth-order valence-corrected chi connectivity index (χ4v) is 2.92. The van der Waals surface area contributed by atoms with Crippen LogP contribution in [0, 0.1) is 17.5 Å². The van der Waals surface area contributed by atoms with Crippen LogP contribution in [0.15, 0.2) is 30.3 Å². The summed E-state index contributed by atoms with van der Waals surface area (Å²) in [5, 5.41) is 4.85. The van der Waals surface area contributed by atoms with E-state index in [1.807, 2.05) is 12.1 Å². The molecule has 0 saturated heterocycles. The number of amides is 2. The number of ether oxygens (including phenoxy) is 2. The summed E-state index contributed by atoms with van der Waals surface area (Å²) in [6.45, 7) is 0.305. The molecule has 2 aromatic rings. The van der Waals surface area contributed by atoms with E-state index < -0.39 is 29.2 Å². The van der Waals surface area contributed by atoms with E-state index in [0.717, 1.165) is 30.5 Å². The van der Waals surface area contributed by atoms with E-state index in [1.54, 1.807) is 20.3 Å². The fraction of sp³-hybridized carbons (Fsp3) is 0.316. The third-order valence-corrected chi connectivity index (χ3v) is 4.72. The fourth-order valence-electron chi connectivity index (χ4n) is 2.92. The number of rotatable bonds is 6. The highest BCUT2D eigenvalue weighted by Crippen LogP contribution is 2.49. The molecule has 1 aliphatic carbocycles. The molecule has 8 heteroatoms. The lowest BCUT2D eigenvalue weighted by Crippen LogP contribution is -2.35. The molecular weight excluding hydrogens is 361 g/mol. The average molecular weight is 380 g/mol. The highest BCUT2D eigenvalue weighted by atomic mass is 19.2. The first-order chi connectivity index (χ1) is 12.9. The lowest BCUT2D eigenvalue weighted by molar-refractivity contribution is 0.251. The van der Waals surface area contributed by atoms with Crippen molar-refractivity contribution >= 4 is 11.7 Å². The first kappa shape index (κ1) is 18.9. The van der Waals surface area contributed by atoms with Gasteiger partial charge in [-0.2, -0.15) is 0 Å². The van der Waals surface area contributed by atoms with Gasteiger partial charge in [0.1, 0.15) is 0 Å². The Hall–Kier alpha value is -2.90. The van der Waals surface area contributed by atoms with Gasteiger partial charge in [0.2, 0.25) is 0 Å². The summed E-state index contributed by atoms with van der Waals surface area (Å²) >= 11 is 0. The Balaban J connectivity index is 1.66. The molecule has 0 atom stereocenters. The van der Waals surface area contributed by atoms with Crippen LogP contribution in [0.1, 0.15) is 18.4 Å². The predicted molar refractivity (Wildman–Crippen MR) is 93.8 cm³/mol. The van der Waals surface area contributed by atoms with Crippen molar-refractivity contribution in [2.75, 3.05) is 26.1 Å². The number of halogens is 3. The van der Waals surface area contributed by atoms with Gasteiger partial charge in [-0.25, -0.2) is 18.0 Å². The van der Waals surface area contributed by atoms with Gasteiger partial charge in [-0.3, -0.25) is 0 Å². The molecule has 0 spiro atoms. The summed E-state index contributed by atoms with van der Waals surface area (Å²) in [7, 11) is 3.09. The normalized spacial score (nSPS) is 14.4. The van der Waals surface area contributed by atoms with Gasteiger partial charge in [0.05, 0.1) is 19.9 Å². The molecule has 0 aliphatic heterocycles. The monoisotopic (exact) mass is 380 g/mol. The van der Waals surface area contributed by atoms with E-state index in [2.05, 4.69) is 10.6 Å². The van der Waals surface area contributed by atoms with Crippen LogP contribution in [0.2, 0.25) is 0 Å². The molecule has 1 fully saturated rings. The van der Waals surface area contributed by atoms with Crippen molar-refractivity contribution in [1.29, 1.82) is 0 Å². The van der Waals surface area contributed by atoms with E-state index in [-0.39, 0.29) is 5.41 Å². The molecular formula is C19H19F3N2O3. The summed E-state index contributed by atoms with van der Waals surface area (Å²) in [4.78, 5) is 12.0. The molecule has 3 rings (SSSR count). The molecule has 2 N–H and O–H groups in total. The molecule has 0 bridgehead atoms. The number of anilines is 1. The number of methoxy groups -OCH3 is 2. The Kier molecular flexibility index (Phi) is 5.16. The van der Waals surface area contributed by atoms with Gasteiger partial charge in [-0.1, -0.05) is 6.07 Å². The Labute approximate surface area is 154 Å². The standard InChI is InChI=1S/C19H19F3N2O3/c1-26-14-6-3-11(9-15(14)27-2)19(7-8-19)10-23-18(25)24-13-5-4-12(20)16(21)17(13)22/h3-6,9H,7-8,10H2,1-2H3,(H2,23,24,25). The van der Waals surface area contributed by atoms with Gasteiger partial charge in [0.25, 0.3) is 0 Å². The highest BCUT2D eigenvalue weighted by molar-refractivity contribution is 5.89. The molecule has 0 heterocycles. The van der Waals surface area contributed by atoms with Crippen molar-refractivity contribution in [3.8, 4) is 11.5 Å². The van der Waals surface area contributed by atoms with E-state index >= 15 is 0 Å². The Bertz CT molecular complexity index is 870. The predicted octanol–water partition coefficient (Wildman–Crippen LogP) is 3.97. The maximum absolute atomic E-state index is 13.6. The summed E-state index contributed by atoms with van der Waals surface area (Å²) in [6.07, 6.45) is 1.73. The SMILES string of the molecule is COc1ccc(C2(CNC(=O)Nc3ccc(F)c(F)c3F)CC2)cc1OC. The quantitative estimate of drug-likeness (QED) is 0.746. The van der Waals surface area contributed by atoms with Crippen LogP contribution < -0.4 is 20.1 Å². The zero-order valence-electron chi connectivity index (χ0n) is 14.9. The minimum atomic E-state index is -1.63. The Morgan fingerprint density at radius 1 is 1.04 bits per heavy atom. The van der Waals surface area contributed by atoms with Crippen LogP contribution in [0.5, 0.6) is 11.5 Å². The number of urea groups is 1. The second kappa shape index (κ2) is 7.38. The summed E-state index contributed by atoms with van der Waals surface area (Å²) in [6, 6.07) is 6.58. The highest BCUT2D eigenvalue weighted by Gasteiger charge is 2.44. The van der Waals surface area contributed by atoms with Crippen molar-refractivity contribution in [3.63, 3.8) is 0 Å². The summed E-state index contributed by atoms with van der Waals surface area (Å²) < 4.78 is 50.4. The molecule has 0 unspecified atom stereocenters. The average Bonchev–Trinajstić information content (AvgIpc) is 3.47. The molecule has 2 aromatic carbocycles. The second-order valence-electron chi connectivity index (χ2n) is 6.38. The van der Waals surface area contributed by atoms with Crippen molar-refractivity contribution in [2.24, 2.45) is 0 Å². The van der Waals surface area contributed by atoms with Crippen LogP contribution in [0.4, 0.5) is 23.7 Å². The van der Waals surface area contributed by atoms with Crippen LogP contribution >= 0.6 is 0 Å². The summed E-state index contributed by atoms with van der Waals surface area (Å²) in [5.41, 5.74) is 0.311. The summed E-state index contributed by atoms with van der Waals surface area (Å²) in [5.74, 6) is -3.18. The van der Waals surface area contributed by atoms with Gasteiger partial charge >= 0.3 is 6.03 Å². The van der Waals surface area contributed by atoms with Crippen molar-refractivity contribution in [1.82, 2.24) is 5.32 Å². The van der Waals surface area contributed by atoms with E-state index in [4.69, 9.17) is 9.47 Å². The number of carbonyl (C=O) groups excluding carboxylic acids is 1. The number of hydrogen-bond acceptors (Lipinski definition) is 3. The number of nitrogens with one attached hydrogen (secondary N) is 2. The molecule has 1 saturated carbocycles. The first-order valence-electron chi connectivity index (χ1n) is 8.31. The number of benzene rings is 2. The van der Waals surface area contributed by atoms with Crippen molar-refractivity contribution in [2.45, 2.75) is 18.3 Å². The zero-order valence-corrected chi connectivity index (χ0v) is 14.9. The van der Waals surface area contributed by atoms with Crippen LogP contribution in [-0.4, -0.2) is 26.8 Å². The number of hydrogen-bond donors (Lipinski definition) is 2. The smallest absolute Gasteiger partial charge is 0.319 e. The second-order valence-corrected chi connectivity index (χ2v) is 6.38. The van der Waals surface area contributed by atoms with Gasteiger partial charge < -0.3 is 20.1 Å². The van der Waals surface area contributed by atoms with E-state index in [1.165, 1.54) is 0 Å². The van der Waals surface area contributed by atoms with E-state index in [0.29, 0.717) is 18.0 Å². The van der Waals surface area contributed by atoms with E-state index in [9.17, 15) is 18.0 Å². The van der Waals surface area contributed by atoms with Gasteiger partial charge in [0.15, 0.2) is 29.0 Å². The van der Waals surface area contributed by atoms with Crippen molar-refractivity contribution < 1.29 is 27.4 Å². The van der Waals surface area contributed by atoms with Crippen LogP contribution in [0.3, 0.4) is 0 Å². The molecule has 0 aromatic heterocycles. The zero-order chi connectivity index (χ0) is 19.6. The topological polar surface area (TPSA) is 59.6 Å². The van der Waals surface area contributed by atoms with Crippen LogP contribution in [-0.2, 0) is 5.41 Å². The molecule has 0 radical (unpaired) electrons. The Morgan fingerprint density at radius 3 is 2.37 bits per heavy atom. The third kappa shape index (κ3) is 3.79. The van der Waals surface area contributed by atoms with Crippen LogP contribution in [0.25, 0.3) is 0 Å². The van der Waals surface area contributed by atoms with Gasteiger partial charge in [0, 0.05) is 12.0 Å². The largest absolute Gasteiger partial charge is 0.493 e. The number of carbonyl (C=O) groups is 1. The molecule has 5 nitrogen and oxygen atoms in total. The third-order valence-electron chi connectivity index (χ3n) is 4.72. The van der Waals surface area contributed by atoms with Gasteiger partial charge in [-0.15, -0.1) is 0 Å². The molecule has 27 heavy (non-hydrogen) atoms. The lowest BCUT2D eigenvalue weighted by atomic mass is 9.95. The minimum Gasteiger partial charge on any atom is -0.493 e. The molecule has 2 amide bonds. The first-order valence-corrected chi connectivity index (χ1v) is 8.31. The molecule has 1 aliphatic rings. The maximum Gasteiger partial charge on any atom is 0.319 e. The maximum atomic E-state index is 13.6. The molecule has 144 valence electrons. The van der Waals surface area contributed by atoms with Gasteiger partial charge in [-0.05, 0) is 42.7 Å². The Morgan fingerprint density at radius 2 is 1.74 bits per heavy atom. The van der Waals surface area contributed by atoms with Crippen molar-refractivity contribution in [3.05, 3.63) is 53.3 Å².